The fourth-order valence-electron chi connectivity index (χ4n) is 3.26. The Balaban J connectivity index is 0.00000625. The van der Waals surface area contributed by atoms with Crippen molar-refractivity contribution < 1.29 is 9.00 Å². The fraction of sp³-hybridized carbons (Fsp3) is 0.889. The second kappa shape index (κ2) is 14.6. The highest BCUT2D eigenvalue weighted by atomic mass is 127. The van der Waals surface area contributed by atoms with Crippen molar-refractivity contribution in [3.63, 3.8) is 0 Å². The highest BCUT2D eigenvalue weighted by molar-refractivity contribution is 14.0. The van der Waals surface area contributed by atoms with Crippen molar-refractivity contribution in [2.75, 3.05) is 31.9 Å². The van der Waals surface area contributed by atoms with Crippen LogP contribution in [0, 0.1) is 0 Å². The molecule has 1 aliphatic carbocycles. The minimum atomic E-state index is -0.722. The summed E-state index contributed by atoms with van der Waals surface area (Å²) >= 11 is 0. The van der Waals surface area contributed by atoms with Gasteiger partial charge in [0.25, 0.3) is 0 Å². The molecule has 0 radical (unpaired) electrons. The average Bonchev–Trinajstić information content (AvgIpc) is 2.62. The summed E-state index contributed by atoms with van der Waals surface area (Å²) in [5.41, 5.74) is 0. The molecule has 154 valence electrons. The van der Waals surface area contributed by atoms with Crippen LogP contribution in [0.15, 0.2) is 4.99 Å². The number of carbonyl (C=O) groups excluding carboxylic acids is 1. The quantitative estimate of drug-likeness (QED) is 0.290. The van der Waals surface area contributed by atoms with E-state index >= 15 is 0 Å². The lowest BCUT2D eigenvalue weighted by Crippen LogP contribution is -2.46. The summed E-state index contributed by atoms with van der Waals surface area (Å²) < 4.78 is 12.1. The number of hydrogen-bond acceptors (Lipinski definition) is 3. The predicted octanol–water partition coefficient (Wildman–Crippen LogP) is 2.50. The maximum Gasteiger partial charge on any atom is 0.224 e. The van der Waals surface area contributed by atoms with E-state index in [-0.39, 0.29) is 29.9 Å². The van der Waals surface area contributed by atoms with Crippen LogP contribution in [-0.4, -0.2) is 64.2 Å². The molecule has 26 heavy (non-hydrogen) atoms. The molecular weight excluding hydrogens is 463 g/mol. The standard InChI is InChI=1S/C18H36N4O2S.HI/c1-5-19-18(20-13-12-17(23)22(6-2)7-3)21-15-10-9-11-16(14-15)25(24)8-4;/h15-16H,5-14H2,1-4H3,(H2,19,20,21);1H. The fourth-order valence-corrected chi connectivity index (χ4v) is 4.61. The zero-order valence-electron chi connectivity index (χ0n) is 16.8. The average molecular weight is 500 g/mol. The lowest BCUT2D eigenvalue weighted by atomic mass is 9.95. The highest BCUT2D eigenvalue weighted by Crippen LogP contribution is 2.22. The molecule has 0 aromatic carbocycles. The lowest BCUT2D eigenvalue weighted by molar-refractivity contribution is -0.130. The van der Waals surface area contributed by atoms with Gasteiger partial charge in [0, 0.05) is 53.9 Å². The molecule has 2 N–H and O–H groups in total. The molecule has 1 rings (SSSR count). The van der Waals surface area contributed by atoms with Gasteiger partial charge in [0.15, 0.2) is 5.96 Å². The SMILES string of the molecule is CCNC(=NCCC(=O)N(CC)CC)NC1CCCC(S(=O)CC)C1.I. The molecule has 1 amide bonds. The van der Waals surface area contributed by atoms with E-state index < -0.39 is 10.8 Å². The van der Waals surface area contributed by atoms with Crippen LogP contribution < -0.4 is 10.6 Å². The maximum absolute atomic E-state index is 12.1. The van der Waals surface area contributed by atoms with Crippen LogP contribution in [0.2, 0.25) is 0 Å². The van der Waals surface area contributed by atoms with E-state index in [0.717, 1.165) is 57.0 Å². The first-order valence-corrected chi connectivity index (χ1v) is 11.1. The van der Waals surface area contributed by atoms with Crippen molar-refractivity contribution in [1.82, 2.24) is 15.5 Å². The van der Waals surface area contributed by atoms with Crippen LogP contribution in [-0.2, 0) is 15.6 Å². The van der Waals surface area contributed by atoms with Crippen LogP contribution in [0.25, 0.3) is 0 Å². The van der Waals surface area contributed by atoms with Gasteiger partial charge in [-0.1, -0.05) is 13.3 Å². The molecule has 0 aromatic rings. The van der Waals surface area contributed by atoms with Gasteiger partial charge < -0.3 is 15.5 Å². The largest absolute Gasteiger partial charge is 0.357 e. The lowest BCUT2D eigenvalue weighted by Gasteiger charge is -2.30. The van der Waals surface area contributed by atoms with Crippen molar-refractivity contribution in [3.8, 4) is 0 Å². The smallest absolute Gasteiger partial charge is 0.224 e. The predicted molar refractivity (Wildman–Crippen MR) is 122 cm³/mol. The summed E-state index contributed by atoms with van der Waals surface area (Å²) in [4.78, 5) is 18.5. The summed E-state index contributed by atoms with van der Waals surface area (Å²) in [5, 5.41) is 7.03. The van der Waals surface area contributed by atoms with Crippen molar-refractivity contribution in [3.05, 3.63) is 0 Å². The van der Waals surface area contributed by atoms with Crippen LogP contribution in [0.3, 0.4) is 0 Å². The normalized spacial score (nSPS) is 21.5. The zero-order chi connectivity index (χ0) is 18.7. The van der Waals surface area contributed by atoms with Crippen molar-refractivity contribution >= 4 is 46.6 Å². The third kappa shape index (κ3) is 9.01. The Morgan fingerprint density at radius 1 is 1.19 bits per heavy atom. The van der Waals surface area contributed by atoms with E-state index in [1.54, 1.807) is 0 Å². The Labute approximate surface area is 178 Å². The zero-order valence-corrected chi connectivity index (χ0v) is 19.9. The Kier molecular flexibility index (Phi) is 14.4. The number of nitrogens with zero attached hydrogens (tertiary/aromatic N) is 2. The molecule has 6 nitrogen and oxygen atoms in total. The Morgan fingerprint density at radius 3 is 2.46 bits per heavy atom. The first-order valence-electron chi connectivity index (χ1n) is 9.75. The van der Waals surface area contributed by atoms with E-state index in [9.17, 15) is 9.00 Å². The Morgan fingerprint density at radius 2 is 1.88 bits per heavy atom. The molecule has 3 unspecified atom stereocenters. The summed E-state index contributed by atoms with van der Waals surface area (Å²) in [6.07, 6.45) is 4.62. The molecule has 3 atom stereocenters. The van der Waals surface area contributed by atoms with Gasteiger partial charge in [0.05, 0.1) is 6.54 Å². The minimum absolute atomic E-state index is 0. The topological polar surface area (TPSA) is 73.8 Å². The Hall–Kier alpha value is -0.380. The van der Waals surface area contributed by atoms with Gasteiger partial charge >= 0.3 is 0 Å². The van der Waals surface area contributed by atoms with E-state index in [1.165, 1.54) is 0 Å². The number of nitrogens with one attached hydrogen (secondary N) is 2. The first-order chi connectivity index (χ1) is 12.0. The van der Waals surface area contributed by atoms with Gasteiger partial charge in [-0.3, -0.25) is 14.0 Å². The first kappa shape index (κ1) is 25.6. The number of aliphatic imine (C=N–C) groups is 1. The number of carbonyl (C=O) groups is 1. The number of rotatable bonds is 9. The summed E-state index contributed by atoms with van der Waals surface area (Å²) in [7, 11) is -0.722. The van der Waals surface area contributed by atoms with Gasteiger partial charge in [-0.05, 0) is 40.0 Å². The molecule has 1 aliphatic rings. The number of guanidine groups is 1. The second-order valence-corrected chi connectivity index (χ2v) is 8.38. The molecule has 0 aliphatic heterocycles. The summed E-state index contributed by atoms with van der Waals surface area (Å²) in [6.45, 7) is 10.8. The maximum atomic E-state index is 12.1. The van der Waals surface area contributed by atoms with Crippen LogP contribution in [0.4, 0.5) is 0 Å². The molecule has 0 saturated heterocycles. The van der Waals surface area contributed by atoms with E-state index in [1.807, 2.05) is 32.6 Å². The third-order valence-corrected chi connectivity index (χ3v) is 6.42. The molecule has 1 saturated carbocycles. The van der Waals surface area contributed by atoms with Gasteiger partial charge in [-0.25, -0.2) is 0 Å². The number of amides is 1. The van der Waals surface area contributed by atoms with Crippen molar-refractivity contribution in [2.45, 2.75) is 71.1 Å². The molecular formula is C18H37IN4O2S. The summed E-state index contributed by atoms with van der Waals surface area (Å²) in [5.74, 6) is 1.65. The molecule has 1 fully saturated rings. The monoisotopic (exact) mass is 500 g/mol. The second-order valence-electron chi connectivity index (χ2n) is 6.38. The minimum Gasteiger partial charge on any atom is -0.357 e. The van der Waals surface area contributed by atoms with Gasteiger partial charge in [0.1, 0.15) is 0 Å². The Bertz CT molecular complexity index is 458. The van der Waals surface area contributed by atoms with E-state index in [4.69, 9.17) is 0 Å². The van der Waals surface area contributed by atoms with E-state index in [0.29, 0.717) is 24.3 Å². The van der Waals surface area contributed by atoms with Gasteiger partial charge in [-0.15, -0.1) is 24.0 Å². The number of hydrogen-bond donors (Lipinski definition) is 2. The van der Waals surface area contributed by atoms with Gasteiger partial charge in [0.2, 0.25) is 5.91 Å². The summed E-state index contributed by atoms with van der Waals surface area (Å²) in [6, 6.07) is 0.311. The van der Waals surface area contributed by atoms with Crippen molar-refractivity contribution in [1.29, 1.82) is 0 Å². The molecule has 0 aromatic heterocycles. The molecule has 0 bridgehead atoms. The van der Waals surface area contributed by atoms with Crippen LogP contribution >= 0.6 is 24.0 Å². The molecule has 8 heteroatoms. The van der Waals surface area contributed by atoms with Crippen LogP contribution in [0.5, 0.6) is 0 Å². The molecule has 0 spiro atoms. The highest BCUT2D eigenvalue weighted by Gasteiger charge is 2.26. The number of halogens is 1. The van der Waals surface area contributed by atoms with E-state index in [2.05, 4.69) is 15.6 Å². The van der Waals surface area contributed by atoms with Crippen LogP contribution in [0.1, 0.15) is 59.8 Å². The van der Waals surface area contributed by atoms with Gasteiger partial charge in [-0.2, -0.15) is 0 Å². The van der Waals surface area contributed by atoms with Crippen molar-refractivity contribution in [2.24, 2.45) is 4.99 Å². The third-order valence-electron chi connectivity index (χ3n) is 4.68. The molecule has 0 heterocycles.